The lowest BCUT2D eigenvalue weighted by Crippen LogP contribution is -2.12. The number of nitrogens with two attached hydrogens (primary N) is 1. The van der Waals surface area contributed by atoms with Gasteiger partial charge in [-0.2, -0.15) is 0 Å². The second-order valence-electron chi connectivity index (χ2n) is 4.14. The van der Waals surface area contributed by atoms with Crippen molar-refractivity contribution >= 4 is 17.3 Å². The average molecular weight is 266 g/mol. The molecule has 0 aliphatic carbocycles. The Hall–Kier alpha value is -2.93. The Labute approximate surface area is 117 Å². The largest absolute Gasteiger partial charge is 0.495 e. The van der Waals surface area contributed by atoms with Crippen molar-refractivity contribution in [2.45, 2.75) is 0 Å². The third kappa shape index (κ3) is 2.90. The zero-order valence-corrected chi connectivity index (χ0v) is 11.0. The van der Waals surface area contributed by atoms with Crippen LogP contribution in [0.2, 0.25) is 0 Å². The molecule has 3 N–H and O–H groups in total. The van der Waals surface area contributed by atoms with Gasteiger partial charge < -0.3 is 15.8 Å². The standard InChI is InChI=1S/C16H14N2O2/c1-3-11-5-4-6-13(9-11)18-16(19)12-7-8-15(20-2)14(17)10-12/h1,4-10H,17H2,2H3,(H,18,19). The Morgan fingerprint density at radius 2 is 2.10 bits per heavy atom. The Morgan fingerprint density at radius 1 is 1.30 bits per heavy atom. The van der Waals surface area contributed by atoms with Gasteiger partial charge in [0.25, 0.3) is 5.91 Å². The number of carbonyl (C=O) groups is 1. The molecule has 100 valence electrons. The Kier molecular flexibility index (Phi) is 3.92. The summed E-state index contributed by atoms with van der Waals surface area (Å²) in [7, 11) is 1.52. The number of terminal acetylenes is 1. The van der Waals surface area contributed by atoms with E-state index in [1.807, 2.05) is 0 Å². The van der Waals surface area contributed by atoms with Crippen LogP contribution in [-0.2, 0) is 0 Å². The highest BCUT2D eigenvalue weighted by Crippen LogP contribution is 2.22. The van der Waals surface area contributed by atoms with E-state index >= 15 is 0 Å². The number of nitrogen functional groups attached to an aromatic ring is 1. The van der Waals surface area contributed by atoms with Crippen LogP contribution in [0.15, 0.2) is 42.5 Å². The molecular weight excluding hydrogens is 252 g/mol. The second-order valence-corrected chi connectivity index (χ2v) is 4.14. The van der Waals surface area contributed by atoms with Crippen molar-refractivity contribution in [2.75, 3.05) is 18.2 Å². The summed E-state index contributed by atoms with van der Waals surface area (Å²) in [5.41, 5.74) is 7.99. The molecule has 0 heterocycles. The summed E-state index contributed by atoms with van der Waals surface area (Å²) in [5, 5.41) is 2.77. The van der Waals surface area contributed by atoms with Crippen molar-refractivity contribution < 1.29 is 9.53 Å². The van der Waals surface area contributed by atoms with Gasteiger partial charge in [0.15, 0.2) is 0 Å². The maximum atomic E-state index is 12.1. The predicted molar refractivity (Wildman–Crippen MR) is 79.7 cm³/mol. The molecule has 0 saturated carbocycles. The minimum absolute atomic E-state index is 0.256. The number of hydrogen-bond acceptors (Lipinski definition) is 3. The summed E-state index contributed by atoms with van der Waals surface area (Å²) in [4.78, 5) is 12.1. The monoisotopic (exact) mass is 266 g/mol. The van der Waals surface area contributed by atoms with Crippen LogP contribution < -0.4 is 15.8 Å². The second kappa shape index (κ2) is 5.81. The van der Waals surface area contributed by atoms with Crippen LogP contribution >= 0.6 is 0 Å². The summed E-state index contributed by atoms with van der Waals surface area (Å²) in [6.45, 7) is 0. The van der Waals surface area contributed by atoms with E-state index in [1.165, 1.54) is 7.11 Å². The third-order valence-electron chi connectivity index (χ3n) is 2.78. The number of anilines is 2. The topological polar surface area (TPSA) is 64.3 Å². The molecule has 20 heavy (non-hydrogen) atoms. The van der Waals surface area contributed by atoms with E-state index in [1.54, 1.807) is 42.5 Å². The van der Waals surface area contributed by atoms with Gasteiger partial charge >= 0.3 is 0 Å². The molecule has 0 bridgehead atoms. The van der Waals surface area contributed by atoms with Crippen LogP contribution in [0.5, 0.6) is 5.75 Å². The first-order valence-electron chi connectivity index (χ1n) is 5.95. The van der Waals surface area contributed by atoms with Gasteiger partial charge in [-0.15, -0.1) is 6.42 Å². The summed E-state index contributed by atoms with van der Waals surface area (Å²) < 4.78 is 5.05. The van der Waals surface area contributed by atoms with E-state index in [9.17, 15) is 4.79 Å². The third-order valence-corrected chi connectivity index (χ3v) is 2.78. The van der Waals surface area contributed by atoms with Gasteiger partial charge in [0.1, 0.15) is 5.75 Å². The lowest BCUT2D eigenvalue weighted by Gasteiger charge is -2.08. The maximum Gasteiger partial charge on any atom is 0.255 e. The molecule has 0 radical (unpaired) electrons. The first kappa shape index (κ1) is 13.5. The normalized spacial score (nSPS) is 9.60. The van der Waals surface area contributed by atoms with Gasteiger partial charge in [0, 0.05) is 16.8 Å². The number of nitrogens with one attached hydrogen (secondary N) is 1. The van der Waals surface area contributed by atoms with E-state index in [0.717, 1.165) is 0 Å². The molecule has 0 aromatic heterocycles. The van der Waals surface area contributed by atoms with Crippen LogP contribution in [0.3, 0.4) is 0 Å². The van der Waals surface area contributed by atoms with E-state index in [2.05, 4.69) is 11.2 Å². The zero-order chi connectivity index (χ0) is 14.5. The van der Waals surface area contributed by atoms with Crippen molar-refractivity contribution in [3.05, 3.63) is 53.6 Å². The van der Waals surface area contributed by atoms with Crippen LogP contribution in [-0.4, -0.2) is 13.0 Å². The van der Waals surface area contributed by atoms with Gasteiger partial charge in [-0.1, -0.05) is 12.0 Å². The van der Waals surface area contributed by atoms with Gasteiger partial charge in [0.05, 0.1) is 12.8 Å². The summed E-state index contributed by atoms with van der Waals surface area (Å²) in [6, 6.07) is 11.9. The van der Waals surface area contributed by atoms with E-state index in [0.29, 0.717) is 28.3 Å². The quantitative estimate of drug-likeness (QED) is 0.662. The van der Waals surface area contributed by atoms with Gasteiger partial charge in [0.2, 0.25) is 0 Å². The first-order valence-corrected chi connectivity index (χ1v) is 5.95. The number of benzene rings is 2. The van der Waals surface area contributed by atoms with Crippen LogP contribution in [0.4, 0.5) is 11.4 Å². The number of ether oxygens (including phenoxy) is 1. The van der Waals surface area contributed by atoms with E-state index in [4.69, 9.17) is 16.9 Å². The summed E-state index contributed by atoms with van der Waals surface area (Å²) in [6.07, 6.45) is 5.32. The van der Waals surface area contributed by atoms with Gasteiger partial charge in [-0.25, -0.2) is 0 Å². The molecule has 0 atom stereocenters. The smallest absolute Gasteiger partial charge is 0.255 e. The predicted octanol–water partition coefficient (Wildman–Crippen LogP) is 2.51. The molecule has 0 saturated heterocycles. The van der Waals surface area contributed by atoms with Gasteiger partial charge in [-0.3, -0.25) is 4.79 Å². The molecule has 4 heteroatoms. The lowest BCUT2D eigenvalue weighted by molar-refractivity contribution is 0.102. The van der Waals surface area contributed by atoms with Crippen molar-refractivity contribution in [1.29, 1.82) is 0 Å². The lowest BCUT2D eigenvalue weighted by atomic mass is 10.1. The molecule has 2 rings (SSSR count). The first-order chi connectivity index (χ1) is 9.63. The summed E-state index contributed by atoms with van der Waals surface area (Å²) in [5.74, 6) is 2.80. The number of carbonyl (C=O) groups excluding carboxylic acids is 1. The molecule has 0 unspecified atom stereocenters. The average Bonchev–Trinajstić information content (AvgIpc) is 2.47. The fraction of sp³-hybridized carbons (Fsp3) is 0.0625. The van der Waals surface area contributed by atoms with Crippen molar-refractivity contribution in [3.63, 3.8) is 0 Å². The number of rotatable bonds is 3. The minimum Gasteiger partial charge on any atom is -0.495 e. The van der Waals surface area contributed by atoms with Crippen molar-refractivity contribution in [2.24, 2.45) is 0 Å². The molecule has 4 nitrogen and oxygen atoms in total. The minimum atomic E-state index is -0.256. The molecule has 0 spiro atoms. The molecular formula is C16H14N2O2. The number of methoxy groups -OCH3 is 1. The fourth-order valence-electron chi connectivity index (χ4n) is 1.77. The molecule has 0 aliphatic rings. The molecule has 2 aromatic rings. The summed E-state index contributed by atoms with van der Waals surface area (Å²) >= 11 is 0. The number of amides is 1. The van der Waals surface area contributed by atoms with Crippen LogP contribution in [0.1, 0.15) is 15.9 Å². The Morgan fingerprint density at radius 3 is 2.75 bits per heavy atom. The zero-order valence-electron chi connectivity index (χ0n) is 11.0. The molecule has 0 fully saturated rings. The Bertz CT molecular complexity index is 687. The van der Waals surface area contributed by atoms with Crippen LogP contribution in [0.25, 0.3) is 0 Å². The molecule has 0 aliphatic heterocycles. The molecule has 1 amide bonds. The maximum absolute atomic E-state index is 12.1. The van der Waals surface area contributed by atoms with Crippen molar-refractivity contribution in [3.8, 4) is 18.1 Å². The molecule has 2 aromatic carbocycles. The highest BCUT2D eigenvalue weighted by molar-refractivity contribution is 6.05. The van der Waals surface area contributed by atoms with E-state index < -0.39 is 0 Å². The SMILES string of the molecule is C#Cc1cccc(NC(=O)c2ccc(OC)c(N)c2)c1. The highest BCUT2D eigenvalue weighted by atomic mass is 16.5. The van der Waals surface area contributed by atoms with Crippen LogP contribution in [0, 0.1) is 12.3 Å². The number of hydrogen-bond donors (Lipinski definition) is 2. The fourth-order valence-corrected chi connectivity index (χ4v) is 1.77. The van der Waals surface area contributed by atoms with Crippen molar-refractivity contribution in [1.82, 2.24) is 0 Å². The van der Waals surface area contributed by atoms with Gasteiger partial charge in [-0.05, 0) is 36.4 Å². The highest BCUT2D eigenvalue weighted by Gasteiger charge is 2.09. The van der Waals surface area contributed by atoms with E-state index in [-0.39, 0.29) is 5.91 Å². The Balaban J connectivity index is 2.19.